The molecule has 2 aromatic rings. The number of thioether (sulfide) groups is 1. The van der Waals surface area contributed by atoms with Gasteiger partial charge in [-0.2, -0.15) is 0 Å². The summed E-state index contributed by atoms with van der Waals surface area (Å²) >= 11 is 10.3. The van der Waals surface area contributed by atoms with Gasteiger partial charge in [0.2, 0.25) is 5.76 Å². The van der Waals surface area contributed by atoms with Crippen molar-refractivity contribution in [1.29, 1.82) is 0 Å². The highest BCUT2D eigenvalue weighted by Gasteiger charge is 2.35. The Hall–Kier alpha value is -2.23. The first-order valence-corrected chi connectivity index (χ1v) is 9.78. The maximum absolute atomic E-state index is 12.6. The highest BCUT2D eigenvalue weighted by atomic mass is 79.9. The van der Waals surface area contributed by atoms with Crippen LogP contribution in [-0.2, 0) is 16.1 Å². The Morgan fingerprint density at radius 1 is 1.32 bits per heavy atom. The molecule has 1 saturated heterocycles. The lowest BCUT2D eigenvalue weighted by atomic mass is 10.2. The third-order valence-corrected chi connectivity index (χ3v) is 5.54. The van der Waals surface area contributed by atoms with Crippen LogP contribution in [0.1, 0.15) is 21.9 Å². The largest absolute Gasteiger partial charge is 0.494 e. The standard InChI is InChI=1S/C18H13BrClNO6S/c1-25-15-11(19)5-9(6-12(15)20)7-14-16(22)21(18(24)28-14)8-10-3-4-13(27-10)17(23)26-2/h3-7H,8H2,1-2H3/b14-7+. The number of methoxy groups -OCH3 is 2. The molecule has 1 fully saturated rings. The number of ether oxygens (including phenoxy) is 2. The summed E-state index contributed by atoms with van der Waals surface area (Å²) < 4.78 is 15.7. The Morgan fingerprint density at radius 2 is 2.07 bits per heavy atom. The zero-order chi connectivity index (χ0) is 20.4. The average molecular weight is 487 g/mol. The zero-order valence-electron chi connectivity index (χ0n) is 14.7. The first-order valence-electron chi connectivity index (χ1n) is 7.79. The number of hydrogen-bond acceptors (Lipinski definition) is 7. The van der Waals surface area contributed by atoms with Crippen LogP contribution in [0, 0.1) is 0 Å². The van der Waals surface area contributed by atoms with E-state index in [2.05, 4.69) is 20.7 Å². The number of carbonyl (C=O) groups is 3. The van der Waals surface area contributed by atoms with Gasteiger partial charge in [0.1, 0.15) is 5.76 Å². The number of imide groups is 1. The first kappa shape index (κ1) is 20.5. The summed E-state index contributed by atoms with van der Waals surface area (Å²) in [6, 6.07) is 6.30. The molecule has 2 amide bonds. The van der Waals surface area contributed by atoms with Crippen molar-refractivity contribution < 1.29 is 28.3 Å². The molecular formula is C18H13BrClNO6S. The van der Waals surface area contributed by atoms with Gasteiger partial charge < -0.3 is 13.9 Å². The number of rotatable bonds is 5. The van der Waals surface area contributed by atoms with Crippen LogP contribution in [0.5, 0.6) is 5.75 Å². The zero-order valence-corrected chi connectivity index (χ0v) is 17.8. The molecule has 0 unspecified atom stereocenters. The van der Waals surface area contributed by atoms with Crippen molar-refractivity contribution in [3.05, 3.63) is 55.7 Å². The summed E-state index contributed by atoms with van der Waals surface area (Å²) in [4.78, 5) is 37.6. The number of nitrogens with zero attached hydrogens (tertiary/aromatic N) is 1. The Labute approximate surface area is 177 Å². The molecule has 2 heterocycles. The van der Waals surface area contributed by atoms with E-state index in [9.17, 15) is 14.4 Å². The first-order chi connectivity index (χ1) is 13.3. The smallest absolute Gasteiger partial charge is 0.373 e. The van der Waals surface area contributed by atoms with Crippen molar-refractivity contribution >= 4 is 62.5 Å². The summed E-state index contributed by atoms with van der Waals surface area (Å²) in [5.41, 5.74) is 0.633. The lowest BCUT2D eigenvalue weighted by molar-refractivity contribution is -0.123. The highest BCUT2D eigenvalue weighted by molar-refractivity contribution is 9.10. The molecule has 0 spiro atoms. The third kappa shape index (κ3) is 4.11. The van der Waals surface area contributed by atoms with Gasteiger partial charge in [-0.3, -0.25) is 14.5 Å². The molecule has 1 aromatic carbocycles. The van der Waals surface area contributed by atoms with Gasteiger partial charge in [0, 0.05) is 0 Å². The van der Waals surface area contributed by atoms with Crippen LogP contribution in [0.4, 0.5) is 4.79 Å². The molecule has 1 aromatic heterocycles. The van der Waals surface area contributed by atoms with E-state index in [0.717, 1.165) is 16.7 Å². The topological polar surface area (TPSA) is 86.0 Å². The summed E-state index contributed by atoms with van der Waals surface area (Å²) in [5.74, 6) is -0.334. The average Bonchev–Trinajstić information content (AvgIpc) is 3.22. The molecule has 28 heavy (non-hydrogen) atoms. The summed E-state index contributed by atoms with van der Waals surface area (Å²) in [6.45, 7) is -0.0912. The number of esters is 1. The van der Waals surface area contributed by atoms with Gasteiger partial charge >= 0.3 is 5.97 Å². The number of furan rings is 1. The lowest BCUT2D eigenvalue weighted by Crippen LogP contribution is -2.27. The summed E-state index contributed by atoms with van der Waals surface area (Å²) in [6.07, 6.45) is 1.57. The molecule has 1 aliphatic heterocycles. The molecule has 7 nitrogen and oxygen atoms in total. The predicted octanol–water partition coefficient (Wildman–Crippen LogP) is 4.73. The van der Waals surface area contributed by atoms with E-state index in [1.807, 2.05) is 0 Å². The van der Waals surface area contributed by atoms with E-state index in [0.29, 0.717) is 26.6 Å². The maximum Gasteiger partial charge on any atom is 0.373 e. The minimum atomic E-state index is -0.637. The lowest BCUT2D eigenvalue weighted by Gasteiger charge is -2.10. The fourth-order valence-electron chi connectivity index (χ4n) is 2.47. The normalized spacial score (nSPS) is 15.4. The van der Waals surface area contributed by atoms with Gasteiger partial charge in [-0.15, -0.1) is 0 Å². The second-order valence-electron chi connectivity index (χ2n) is 5.54. The summed E-state index contributed by atoms with van der Waals surface area (Å²) in [5, 5.41) is -0.0702. The van der Waals surface area contributed by atoms with E-state index >= 15 is 0 Å². The minimum Gasteiger partial charge on any atom is -0.494 e. The van der Waals surface area contributed by atoms with Crippen LogP contribution in [0.2, 0.25) is 5.02 Å². The van der Waals surface area contributed by atoms with Gasteiger partial charge in [-0.25, -0.2) is 4.79 Å². The monoisotopic (exact) mass is 485 g/mol. The highest BCUT2D eigenvalue weighted by Crippen LogP contribution is 2.37. The molecule has 10 heteroatoms. The van der Waals surface area contributed by atoms with Crippen LogP contribution in [0.3, 0.4) is 0 Å². The van der Waals surface area contributed by atoms with Crippen molar-refractivity contribution in [3.8, 4) is 5.75 Å². The maximum atomic E-state index is 12.6. The van der Waals surface area contributed by atoms with E-state index in [1.54, 1.807) is 18.2 Å². The van der Waals surface area contributed by atoms with E-state index < -0.39 is 17.1 Å². The fraction of sp³-hybridized carbons (Fsp3) is 0.167. The Bertz CT molecular complexity index is 979. The third-order valence-electron chi connectivity index (χ3n) is 3.76. The Balaban J connectivity index is 1.81. The molecule has 1 aliphatic rings. The van der Waals surface area contributed by atoms with Crippen LogP contribution in [0.15, 0.2) is 38.1 Å². The predicted molar refractivity (Wildman–Crippen MR) is 107 cm³/mol. The molecule has 0 atom stereocenters. The van der Waals surface area contributed by atoms with Crippen LogP contribution in [-0.4, -0.2) is 36.2 Å². The van der Waals surface area contributed by atoms with Gasteiger partial charge in [0.05, 0.1) is 35.2 Å². The van der Waals surface area contributed by atoms with Crippen LogP contribution in [0.25, 0.3) is 6.08 Å². The number of amides is 2. The van der Waals surface area contributed by atoms with E-state index in [4.69, 9.17) is 20.8 Å². The minimum absolute atomic E-state index is 0.00209. The van der Waals surface area contributed by atoms with E-state index in [1.165, 1.54) is 26.4 Å². The van der Waals surface area contributed by atoms with Crippen molar-refractivity contribution in [3.63, 3.8) is 0 Å². The fourth-order valence-corrected chi connectivity index (χ4v) is 4.37. The van der Waals surface area contributed by atoms with Gasteiger partial charge in [0.25, 0.3) is 11.1 Å². The number of hydrogen-bond donors (Lipinski definition) is 0. The molecule has 0 N–H and O–H groups in total. The quantitative estimate of drug-likeness (QED) is 0.446. The van der Waals surface area contributed by atoms with Crippen molar-refractivity contribution in [2.45, 2.75) is 6.54 Å². The van der Waals surface area contributed by atoms with Gasteiger partial charge in [0.15, 0.2) is 5.75 Å². The molecule has 0 aliphatic carbocycles. The number of halogens is 2. The van der Waals surface area contributed by atoms with E-state index in [-0.39, 0.29) is 17.2 Å². The summed E-state index contributed by atoms with van der Waals surface area (Å²) in [7, 11) is 2.73. The molecule has 0 radical (unpaired) electrons. The van der Waals surface area contributed by atoms with Crippen molar-refractivity contribution in [1.82, 2.24) is 4.90 Å². The Kier molecular flexibility index (Phi) is 6.17. The Morgan fingerprint density at radius 3 is 2.71 bits per heavy atom. The second-order valence-corrected chi connectivity index (χ2v) is 7.80. The molecular weight excluding hydrogens is 474 g/mol. The second kappa shape index (κ2) is 8.42. The van der Waals surface area contributed by atoms with Crippen LogP contribution >= 0.6 is 39.3 Å². The molecule has 3 rings (SSSR count). The molecule has 0 bridgehead atoms. The number of carbonyl (C=O) groups excluding carboxylic acids is 3. The SMILES string of the molecule is COC(=O)c1ccc(CN2C(=O)S/C(=C/c3cc(Cl)c(OC)c(Br)c3)C2=O)o1. The van der Waals surface area contributed by atoms with Gasteiger partial charge in [-0.1, -0.05) is 11.6 Å². The van der Waals surface area contributed by atoms with Crippen molar-refractivity contribution in [2.75, 3.05) is 14.2 Å². The number of benzene rings is 1. The molecule has 0 saturated carbocycles. The van der Waals surface area contributed by atoms with Crippen LogP contribution < -0.4 is 4.74 Å². The van der Waals surface area contributed by atoms with Crippen molar-refractivity contribution in [2.24, 2.45) is 0 Å². The van der Waals surface area contributed by atoms with Gasteiger partial charge in [-0.05, 0) is 63.6 Å². The molecule has 146 valence electrons.